The summed E-state index contributed by atoms with van der Waals surface area (Å²) < 4.78 is 17.6. The molecule has 0 aromatic heterocycles. The van der Waals surface area contributed by atoms with Gasteiger partial charge in [-0.1, -0.05) is 11.6 Å². The number of hydrogen-bond donors (Lipinski definition) is 1. The SMILES string of the molecule is CCOC(=O)C1(Sc2cc(N)c(F)cc2Cl)CC1. The molecule has 0 atom stereocenters. The average Bonchev–Trinajstić information content (AvgIpc) is 3.07. The molecular formula is C12H13ClFNO2S. The maximum atomic E-state index is 13.2. The molecule has 1 aliphatic carbocycles. The summed E-state index contributed by atoms with van der Waals surface area (Å²) >= 11 is 7.25. The summed E-state index contributed by atoms with van der Waals surface area (Å²) in [5.41, 5.74) is 5.53. The van der Waals surface area contributed by atoms with Crippen LogP contribution in [-0.2, 0) is 9.53 Å². The average molecular weight is 290 g/mol. The Bertz CT molecular complexity index is 491. The Labute approximate surface area is 114 Å². The first-order valence-corrected chi connectivity index (χ1v) is 6.79. The Balaban J connectivity index is 2.19. The van der Waals surface area contributed by atoms with Gasteiger partial charge in [-0.05, 0) is 31.9 Å². The number of carbonyl (C=O) groups is 1. The number of halogens is 2. The molecule has 0 radical (unpaired) electrons. The van der Waals surface area contributed by atoms with Crippen molar-refractivity contribution >= 4 is 35.0 Å². The molecule has 1 aromatic carbocycles. The zero-order valence-electron chi connectivity index (χ0n) is 9.83. The van der Waals surface area contributed by atoms with Gasteiger partial charge >= 0.3 is 5.97 Å². The first-order valence-electron chi connectivity index (χ1n) is 5.59. The maximum Gasteiger partial charge on any atom is 0.322 e. The number of nitrogens with two attached hydrogens (primary N) is 1. The molecule has 1 aromatic rings. The number of esters is 1. The molecule has 3 nitrogen and oxygen atoms in total. The van der Waals surface area contributed by atoms with Gasteiger partial charge < -0.3 is 10.5 Å². The lowest BCUT2D eigenvalue weighted by Crippen LogP contribution is -2.21. The van der Waals surface area contributed by atoms with E-state index >= 15 is 0 Å². The van der Waals surface area contributed by atoms with Crippen LogP contribution in [0.1, 0.15) is 19.8 Å². The van der Waals surface area contributed by atoms with E-state index in [1.165, 1.54) is 23.9 Å². The second-order valence-electron chi connectivity index (χ2n) is 4.12. The summed E-state index contributed by atoms with van der Waals surface area (Å²) in [6, 6.07) is 2.63. The monoisotopic (exact) mass is 289 g/mol. The number of anilines is 1. The van der Waals surface area contributed by atoms with Gasteiger partial charge in [0.1, 0.15) is 10.6 Å². The van der Waals surface area contributed by atoms with Crippen LogP contribution in [0.5, 0.6) is 0 Å². The molecule has 0 unspecified atom stereocenters. The predicted molar refractivity (Wildman–Crippen MR) is 70.3 cm³/mol. The zero-order chi connectivity index (χ0) is 13.3. The van der Waals surface area contributed by atoms with Crippen LogP contribution in [0.2, 0.25) is 5.02 Å². The van der Waals surface area contributed by atoms with Crippen molar-refractivity contribution in [3.8, 4) is 0 Å². The minimum Gasteiger partial charge on any atom is -0.465 e. The topological polar surface area (TPSA) is 52.3 Å². The summed E-state index contributed by atoms with van der Waals surface area (Å²) in [5.74, 6) is -0.792. The molecule has 2 N–H and O–H groups in total. The van der Waals surface area contributed by atoms with E-state index < -0.39 is 10.6 Å². The predicted octanol–water partition coefficient (Wildman–Crippen LogP) is 3.25. The largest absolute Gasteiger partial charge is 0.465 e. The number of nitrogen functional groups attached to an aromatic ring is 1. The van der Waals surface area contributed by atoms with Gasteiger partial charge in [0.15, 0.2) is 0 Å². The van der Waals surface area contributed by atoms with Crippen molar-refractivity contribution < 1.29 is 13.9 Å². The molecule has 0 heterocycles. The van der Waals surface area contributed by atoms with Crippen molar-refractivity contribution in [2.75, 3.05) is 12.3 Å². The van der Waals surface area contributed by atoms with Crippen LogP contribution in [0, 0.1) is 5.82 Å². The molecule has 0 amide bonds. The molecular weight excluding hydrogens is 277 g/mol. The first-order chi connectivity index (χ1) is 8.48. The highest BCUT2D eigenvalue weighted by molar-refractivity contribution is 8.01. The van der Waals surface area contributed by atoms with Gasteiger partial charge in [0, 0.05) is 4.90 Å². The molecule has 2 rings (SSSR count). The van der Waals surface area contributed by atoms with E-state index in [0.29, 0.717) is 11.5 Å². The van der Waals surface area contributed by atoms with Crippen LogP contribution in [0.25, 0.3) is 0 Å². The van der Waals surface area contributed by atoms with E-state index in [1.807, 2.05) is 0 Å². The Hall–Kier alpha value is -0.940. The maximum absolute atomic E-state index is 13.2. The van der Waals surface area contributed by atoms with Gasteiger partial charge in [-0.25, -0.2) is 4.39 Å². The summed E-state index contributed by atoms with van der Waals surface area (Å²) in [6.07, 6.45) is 1.48. The smallest absolute Gasteiger partial charge is 0.322 e. The van der Waals surface area contributed by atoms with Crippen molar-refractivity contribution in [1.29, 1.82) is 0 Å². The van der Waals surface area contributed by atoms with E-state index in [1.54, 1.807) is 6.92 Å². The van der Waals surface area contributed by atoms with Gasteiger partial charge in [0.05, 0.1) is 17.3 Å². The molecule has 98 valence electrons. The number of thioether (sulfide) groups is 1. The van der Waals surface area contributed by atoms with E-state index in [2.05, 4.69) is 0 Å². The third-order valence-corrected chi connectivity index (χ3v) is 4.66. The van der Waals surface area contributed by atoms with Gasteiger partial charge in [-0.15, -0.1) is 11.8 Å². The summed E-state index contributed by atoms with van der Waals surface area (Å²) in [7, 11) is 0. The van der Waals surface area contributed by atoms with E-state index in [9.17, 15) is 9.18 Å². The van der Waals surface area contributed by atoms with Gasteiger partial charge in [0.25, 0.3) is 0 Å². The molecule has 1 saturated carbocycles. The number of ether oxygens (including phenoxy) is 1. The minimum absolute atomic E-state index is 0.0292. The molecule has 0 saturated heterocycles. The van der Waals surface area contributed by atoms with E-state index in [0.717, 1.165) is 12.8 Å². The summed E-state index contributed by atoms with van der Waals surface area (Å²) in [6.45, 7) is 2.11. The molecule has 18 heavy (non-hydrogen) atoms. The lowest BCUT2D eigenvalue weighted by molar-refractivity contribution is -0.143. The second kappa shape index (κ2) is 4.97. The highest BCUT2D eigenvalue weighted by Gasteiger charge is 2.52. The number of benzene rings is 1. The Kier molecular flexibility index (Phi) is 3.73. The Morgan fingerprint density at radius 3 is 2.83 bits per heavy atom. The van der Waals surface area contributed by atoms with Crippen LogP contribution < -0.4 is 5.73 Å². The number of rotatable bonds is 4. The minimum atomic E-state index is -0.566. The number of hydrogen-bond acceptors (Lipinski definition) is 4. The third-order valence-electron chi connectivity index (χ3n) is 2.71. The molecule has 0 spiro atoms. The standard InChI is InChI=1S/C12H13ClFNO2S/c1-2-17-11(16)12(3-4-12)18-10-6-9(15)8(14)5-7(10)13/h5-6H,2-4,15H2,1H3. The Morgan fingerprint density at radius 2 is 2.28 bits per heavy atom. The van der Waals surface area contributed by atoms with Crippen molar-refractivity contribution in [3.05, 3.63) is 23.0 Å². The number of carbonyl (C=O) groups excluding carboxylic acids is 1. The third kappa shape index (κ3) is 2.57. The fourth-order valence-corrected chi connectivity index (χ4v) is 3.04. The Morgan fingerprint density at radius 1 is 1.61 bits per heavy atom. The molecule has 1 fully saturated rings. The van der Waals surface area contributed by atoms with Gasteiger partial charge in [0.2, 0.25) is 0 Å². The molecule has 1 aliphatic rings. The molecule has 0 aliphatic heterocycles. The van der Waals surface area contributed by atoms with Crippen molar-refractivity contribution in [2.45, 2.75) is 29.4 Å². The van der Waals surface area contributed by atoms with Crippen molar-refractivity contribution in [1.82, 2.24) is 0 Å². The highest BCUT2D eigenvalue weighted by Crippen LogP contribution is 2.54. The highest BCUT2D eigenvalue weighted by atomic mass is 35.5. The second-order valence-corrected chi connectivity index (χ2v) is 5.95. The van der Waals surface area contributed by atoms with Crippen LogP contribution >= 0.6 is 23.4 Å². The van der Waals surface area contributed by atoms with Crippen LogP contribution in [0.3, 0.4) is 0 Å². The molecule has 6 heteroatoms. The van der Waals surface area contributed by atoms with Crippen molar-refractivity contribution in [3.63, 3.8) is 0 Å². The molecule has 0 bridgehead atoms. The van der Waals surface area contributed by atoms with Crippen LogP contribution in [0.4, 0.5) is 10.1 Å². The van der Waals surface area contributed by atoms with Gasteiger partial charge in [-0.3, -0.25) is 4.79 Å². The zero-order valence-corrected chi connectivity index (χ0v) is 11.4. The van der Waals surface area contributed by atoms with Gasteiger partial charge in [-0.2, -0.15) is 0 Å². The van der Waals surface area contributed by atoms with Crippen LogP contribution in [0.15, 0.2) is 17.0 Å². The first kappa shape index (κ1) is 13.5. The lowest BCUT2D eigenvalue weighted by Gasteiger charge is -2.14. The van der Waals surface area contributed by atoms with Crippen LogP contribution in [-0.4, -0.2) is 17.3 Å². The quantitative estimate of drug-likeness (QED) is 0.683. The fraction of sp³-hybridized carbons (Fsp3) is 0.417. The lowest BCUT2D eigenvalue weighted by atomic mass is 10.3. The summed E-state index contributed by atoms with van der Waals surface area (Å²) in [5, 5.41) is 0.266. The summed E-state index contributed by atoms with van der Waals surface area (Å²) in [4.78, 5) is 12.4. The van der Waals surface area contributed by atoms with E-state index in [-0.39, 0.29) is 16.7 Å². The van der Waals surface area contributed by atoms with Crippen molar-refractivity contribution in [2.24, 2.45) is 0 Å². The van der Waals surface area contributed by atoms with E-state index in [4.69, 9.17) is 22.1 Å². The normalized spacial score (nSPS) is 16.4. The fourth-order valence-electron chi connectivity index (χ4n) is 1.56.